The molecule has 0 fully saturated rings. The van der Waals surface area contributed by atoms with Crippen molar-refractivity contribution in [3.8, 4) is 44.5 Å². The molecular formula is C56H37NS. The van der Waals surface area contributed by atoms with Gasteiger partial charge in [-0.15, -0.1) is 11.3 Å². The van der Waals surface area contributed by atoms with Crippen molar-refractivity contribution in [3.63, 3.8) is 0 Å². The summed E-state index contributed by atoms with van der Waals surface area (Å²) >= 11 is 1.88. The minimum absolute atomic E-state index is 1.10. The summed E-state index contributed by atoms with van der Waals surface area (Å²) in [5.41, 5.74) is 13.0. The maximum absolute atomic E-state index is 2.38. The SMILES string of the molecule is c1cc(-c2ccc(N(c3ccc(-c4cccc5c4sc4ccccc45)cc3)c3cccc(-c4ccc5ccccc5c4)c3)cc2)cc(-c2cccc3ccccc23)c1. The lowest BCUT2D eigenvalue weighted by Gasteiger charge is -2.26. The molecule has 0 aliphatic carbocycles. The minimum Gasteiger partial charge on any atom is -0.310 e. The van der Waals surface area contributed by atoms with E-state index in [2.05, 4.69) is 229 Å². The first-order valence-electron chi connectivity index (χ1n) is 19.8. The molecule has 11 aromatic rings. The predicted octanol–water partition coefficient (Wildman–Crippen LogP) is 16.5. The smallest absolute Gasteiger partial charge is 0.0467 e. The molecule has 2 heteroatoms. The molecule has 58 heavy (non-hydrogen) atoms. The van der Waals surface area contributed by atoms with E-state index in [-0.39, 0.29) is 0 Å². The maximum Gasteiger partial charge on any atom is 0.0467 e. The van der Waals surface area contributed by atoms with Crippen molar-refractivity contribution in [2.75, 3.05) is 4.90 Å². The Balaban J connectivity index is 0.991. The summed E-state index contributed by atoms with van der Waals surface area (Å²) in [6.45, 7) is 0. The first kappa shape index (κ1) is 34.0. The molecule has 0 bridgehead atoms. The van der Waals surface area contributed by atoms with Crippen molar-refractivity contribution in [1.29, 1.82) is 0 Å². The molecule has 0 aliphatic rings. The van der Waals surface area contributed by atoms with Crippen LogP contribution in [0, 0.1) is 0 Å². The normalized spacial score (nSPS) is 11.4. The third-order valence-electron chi connectivity index (χ3n) is 11.4. The van der Waals surface area contributed by atoms with E-state index in [1.165, 1.54) is 86.2 Å². The van der Waals surface area contributed by atoms with Crippen LogP contribution in [-0.2, 0) is 0 Å². The Morgan fingerprint density at radius 1 is 0.276 bits per heavy atom. The van der Waals surface area contributed by atoms with Crippen LogP contribution in [0.3, 0.4) is 0 Å². The van der Waals surface area contributed by atoms with E-state index < -0.39 is 0 Å². The molecule has 0 spiro atoms. The molecule has 11 rings (SSSR count). The molecule has 1 heterocycles. The molecule has 0 amide bonds. The van der Waals surface area contributed by atoms with Crippen LogP contribution in [-0.4, -0.2) is 0 Å². The molecule has 0 saturated carbocycles. The molecule has 1 nitrogen and oxygen atoms in total. The lowest BCUT2D eigenvalue weighted by Crippen LogP contribution is -2.10. The largest absolute Gasteiger partial charge is 0.310 e. The van der Waals surface area contributed by atoms with E-state index in [4.69, 9.17) is 0 Å². The summed E-state index contributed by atoms with van der Waals surface area (Å²) in [6.07, 6.45) is 0. The Labute approximate surface area is 342 Å². The van der Waals surface area contributed by atoms with Crippen LogP contribution < -0.4 is 4.90 Å². The van der Waals surface area contributed by atoms with Crippen LogP contribution in [0.15, 0.2) is 224 Å². The highest BCUT2D eigenvalue weighted by Crippen LogP contribution is 2.42. The zero-order valence-electron chi connectivity index (χ0n) is 31.7. The number of fused-ring (bicyclic) bond motifs is 5. The van der Waals surface area contributed by atoms with Crippen LogP contribution >= 0.6 is 11.3 Å². The van der Waals surface area contributed by atoms with Crippen LogP contribution in [0.4, 0.5) is 17.1 Å². The lowest BCUT2D eigenvalue weighted by molar-refractivity contribution is 1.28. The lowest BCUT2D eigenvalue weighted by atomic mass is 9.95. The second-order valence-corrected chi connectivity index (χ2v) is 16.0. The molecule has 0 aliphatic heterocycles. The molecule has 0 atom stereocenters. The van der Waals surface area contributed by atoms with Crippen LogP contribution in [0.1, 0.15) is 0 Å². The number of thiophene rings is 1. The predicted molar refractivity (Wildman–Crippen MR) is 251 cm³/mol. The summed E-state index contributed by atoms with van der Waals surface area (Å²) in [7, 11) is 0. The zero-order valence-corrected chi connectivity index (χ0v) is 32.5. The van der Waals surface area contributed by atoms with E-state index in [1.807, 2.05) is 11.3 Å². The molecule has 0 saturated heterocycles. The van der Waals surface area contributed by atoms with E-state index in [9.17, 15) is 0 Å². The highest BCUT2D eigenvalue weighted by molar-refractivity contribution is 7.26. The summed E-state index contributed by atoms with van der Waals surface area (Å²) in [4.78, 5) is 2.38. The second kappa shape index (κ2) is 14.4. The van der Waals surface area contributed by atoms with Gasteiger partial charge in [0.2, 0.25) is 0 Å². The Morgan fingerprint density at radius 3 is 1.66 bits per heavy atom. The van der Waals surface area contributed by atoms with E-state index in [0.717, 1.165) is 17.1 Å². The molecule has 10 aromatic carbocycles. The number of hydrogen-bond acceptors (Lipinski definition) is 2. The van der Waals surface area contributed by atoms with Crippen molar-refractivity contribution >= 4 is 70.1 Å². The topological polar surface area (TPSA) is 3.24 Å². The highest BCUT2D eigenvalue weighted by Gasteiger charge is 2.16. The fraction of sp³-hybridized carbons (Fsp3) is 0. The zero-order chi connectivity index (χ0) is 38.4. The van der Waals surface area contributed by atoms with Crippen molar-refractivity contribution < 1.29 is 0 Å². The van der Waals surface area contributed by atoms with Gasteiger partial charge in [0.05, 0.1) is 0 Å². The van der Waals surface area contributed by atoms with Gasteiger partial charge in [-0.2, -0.15) is 0 Å². The average Bonchev–Trinajstić information content (AvgIpc) is 3.69. The number of nitrogens with zero attached hydrogens (tertiary/aromatic N) is 1. The van der Waals surface area contributed by atoms with Gasteiger partial charge < -0.3 is 4.90 Å². The second-order valence-electron chi connectivity index (χ2n) is 14.9. The van der Waals surface area contributed by atoms with Crippen molar-refractivity contribution in [1.82, 2.24) is 0 Å². The fourth-order valence-corrected chi connectivity index (χ4v) is 9.79. The first-order chi connectivity index (χ1) is 28.7. The quantitative estimate of drug-likeness (QED) is 0.157. The van der Waals surface area contributed by atoms with Gasteiger partial charge in [0, 0.05) is 37.2 Å². The molecule has 272 valence electrons. The van der Waals surface area contributed by atoms with Gasteiger partial charge in [0.1, 0.15) is 0 Å². The monoisotopic (exact) mass is 755 g/mol. The van der Waals surface area contributed by atoms with Gasteiger partial charge in [-0.25, -0.2) is 0 Å². The van der Waals surface area contributed by atoms with Crippen molar-refractivity contribution in [3.05, 3.63) is 224 Å². The van der Waals surface area contributed by atoms with Crippen LogP contribution in [0.2, 0.25) is 0 Å². The molecule has 0 unspecified atom stereocenters. The van der Waals surface area contributed by atoms with Crippen LogP contribution in [0.5, 0.6) is 0 Å². The van der Waals surface area contributed by atoms with Gasteiger partial charge in [-0.3, -0.25) is 0 Å². The third-order valence-corrected chi connectivity index (χ3v) is 12.7. The number of hydrogen-bond donors (Lipinski definition) is 0. The molecule has 0 radical (unpaired) electrons. The van der Waals surface area contributed by atoms with Gasteiger partial charge in [-0.1, -0.05) is 170 Å². The van der Waals surface area contributed by atoms with E-state index in [0.29, 0.717) is 0 Å². The summed E-state index contributed by atoms with van der Waals surface area (Å²) in [6, 6.07) is 81.9. The maximum atomic E-state index is 2.38. The van der Waals surface area contributed by atoms with E-state index >= 15 is 0 Å². The van der Waals surface area contributed by atoms with E-state index in [1.54, 1.807) is 0 Å². The average molecular weight is 756 g/mol. The first-order valence-corrected chi connectivity index (χ1v) is 20.6. The number of anilines is 3. The highest BCUT2D eigenvalue weighted by atomic mass is 32.1. The Morgan fingerprint density at radius 2 is 0.828 bits per heavy atom. The van der Waals surface area contributed by atoms with Gasteiger partial charge in [-0.05, 0) is 121 Å². The number of rotatable bonds is 7. The van der Waals surface area contributed by atoms with Crippen molar-refractivity contribution in [2.24, 2.45) is 0 Å². The van der Waals surface area contributed by atoms with Crippen LogP contribution in [0.25, 0.3) is 86.2 Å². The summed E-state index contributed by atoms with van der Waals surface area (Å²) in [5, 5.41) is 7.65. The van der Waals surface area contributed by atoms with Gasteiger partial charge in [0.25, 0.3) is 0 Å². The third kappa shape index (κ3) is 6.12. The van der Waals surface area contributed by atoms with Gasteiger partial charge >= 0.3 is 0 Å². The molecular weight excluding hydrogens is 719 g/mol. The standard InChI is InChI=1S/C56H37NS/c1-2-13-42-35-45(26-25-38(42)11-1)44-16-8-18-49(37-44)57(48-33-29-41(30-34-48)52-22-10-23-54-53-20-5-6-24-55(53)58-56(52)54)47-31-27-39(28-32-47)43-15-7-17-46(36-43)51-21-9-14-40-12-3-4-19-50(40)51/h1-37H. The Hall–Kier alpha value is -7.26. The molecule has 1 aromatic heterocycles. The fourth-order valence-electron chi connectivity index (χ4n) is 8.55. The summed E-state index contributed by atoms with van der Waals surface area (Å²) in [5.74, 6) is 0. The Kier molecular flexibility index (Phi) is 8.42. The van der Waals surface area contributed by atoms with Gasteiger partial charge in [0.15, 0.2) is 0 Å². The minimum atomic E-state index is 1.10. The molecule has 0 N–H and O–H groups in total. The summed E-state index contributed by atoms with van der Waals surface area (Å²) < 4.78 is 2.65. The Bertz CT molecular complexity index is 3280. The number of benzene rings is 10. The van der Waals surface area contributed by atoms with Crippen molar-refractivity contribution in [2.45, 2.75) is 0 Å².